The molecule has 0 spiro atoms. The molecular weight excluding hydrogens is 316 g/mol. The second-order valence-electron chi connectivity index (χ2n) is 4.33. The van der Waals surface area contributed by atoms with Crippen LogP contribution in [-0.2, 0) is 4.79 Å². The van der Waals surface area contributed by atoms with Crippen LogP contribution in [0.15, 0.2) is 42.5 Å². The third-order valence-corrected chi connectivity index (χ3v) is 3.23. The highest BCUT2D eigenvalue weighted by atomic mass is 35.5. The molecule has 0 aromatic heterocycles. The average molecular weight is 328 g/mol. The van der Waals surface area contributed by atoms with Gasteiger partial charge in [-0.15, -0.1) is 0 Å². The SMILES string of the molecule is C[C@@H](Oc1cc(Cl)ccc1Cl)C(=O)Nc1ccc(F)cc1. The predicted octanol–water partition coefficient (Wildman–Crippen LogP) is 4.54. The van der Waals surface area contributed by atoms with Crippen molar-refractivity contribution >= 4 is 34.8 Å². The van der Waals surface area contributed by atoms with Crippen molar-refractivity contribution in [3.63, 3.8) is 0 Å². The number of nitrogens with one attached hydrogen (secondary N) is 1. The average Bonchev–Trinajstić information content (AvgIpc) is 2.45. The Hall–Kier alpha value is -1.78. The zero-order valence-electron chi connectivity index (χ0n) is 11.1. The number of carbonyl (C=O) groups excluding carboxylic acids is 1. The summed E-state index contributed by atoms with van der Waals surface area (Å²) in [5, 5.41) is 3.44. The molecule has 0 saturated heterocycles. The number of hydrogen-bond acceptors (Lipinski definition) is 2. The molecule has 0 aliphatic carbocycles. The highest BCUT2D eigenvalue weighted by Crippen LogP contribution is 2.28. The van der Waals surface area contributed by atoms with Gasteiger partial charge in [-0.05, 0) is 43.3 Å². The molecule has 6 heteroatoms. The lowest BCUT2D eigenvalue weighted by Crippen LogP contribution is -2.30. The van der Waals surface area contributed by atoms with Crippen molar-refractivity contribution in [2.24, 2.45) is 0 Å². The third kappa shape index (κ3) is 4.34. The Bertz CT molecular complexity index is 647. The number of hydrogen-bond donors (Lipinski definition) is 1. The van der Waals surface area contributed by atoms with Crippen LogP contribution < -0.4 is 10.1 Å². The smallest absolute Gasteiger partial charge is 0.265 e. The normalized spacial score (nSPS) is 11.8. The first kappa shape index (κ1) is 15.6. The van der Waals surface area contributed by atoms with Gasteiger partial charge in [0.05, 0.1) is 5.02 Å². The second-order valence-corrected chi connectivity index (χ2v) is 5.17. The molecular formula is C15H12Cl2FNO2. The van der Waals surface area contributed by atoms with E-state index >= 15 is 0 Å². The minimum absolute atomic E-state index is 0.325. The quantitative estimate of drug-likeness (QED) is 0.895. The molecule has 1 atom stereocenters. The van der Waals surface area contributed by atoms with Crippen LogP contribution in [0.4, 0.5) is 10.1 Å². The largest absolute Gasteiger partial charge is 0.479 e. The van der Waals surface area contributed by atoms with Crippen molar-refractivity contribution in [1.29, 1.82) is 0 Å². The molecule has 0 unspecified atom stereocenters. The monoisotopic (exact) mass is 327 g/mol. The number of anilines is 1. The fourth-order valence-corrected chi connectivity index (χ4v) is 1.91. The Morgan fingerprint density at radius 1 is 1.19 bits per heavy atom. The summed E-state index contributed by atoms with van der Waals surface area (Å²) in [6, 6.07) is 10.2. The highest BCUT2D eigenvalue weighted by Gasteiger charge is 2.16. The van der Waals surface area contributed by atoms with Crippen LogP contribution in [0.1, 0.15) is 6.92 Å². The Kier molecular flexibility index (Phi) is 5.04. The van der Waals surface area contributed by atoms with Crippen LogP contribution >= 0.6 is 23.2 Å². The van der Waals surface area contributed by atoms with Crippen LogP contribution in [-0.4, -0.2) is 12.0 Å². The van der Waals surface area contributed by atoms with Gasteiger partial charge in [-0.1, -0.05) is 23.2 Å². The maximum Gasteiger partial charge on any atom is 0.265 e. The molecule has 21 heavy (non-hydrogen) atoms. The van der Waals surface area contributed by atoms with Gasteiger partial charge in [-0.3, -0.25) is 4.79 Å². The predicted molar refractivity (Wildman–Crippen MR) is 81.6 cm³/mol. The maximum absolute atomic E-state index is 12.8. The van der Waals surface area contributed by atoms with Gasteiger partial charge in [0.15, 0.2) is 6.10 Å². The molecule has 110 valence electrons. The number of carbonyl (C=O) groups is 1. The van der Waals surface area contributed by atoms with Crippen molar-refractivity contribution in [2.45, 2.75) is 13.0 Å². The standard InChI is InChI=1S/C15H12Cl2FNO2/c1-9(21-14-8-10(16)2-7-13(14)17)15(20)19-12-5-3-11(18)4-6-12/h2-9H,1H3,(H,19,20)/t9-/m1/s1. The summed E-state index contributed by atoms with van der Waals surface area (Å²) in [6.07, 6.45) is -0.786. The minimum atomic E-state index is -0.786. The summed E-state index contributed by atoms with van der Waals surface area (Å²) in [4.78, 5) is 12.0. The Balaban J connectivity index is 2.02. The molecule has 3 nitrogen and oxygen atoms in total. The summed E-state index contributed by atoms with van der Waals surface area (Å²) in [6.45, 7) is 1.58. The highest BCUT2D eigenvalue weighted by molar-refractivity contribution is 6.34. The Morgan fingerprint density at radius 2 is 1.86 bits per heavy atom. The van der Waals surface area contributed by atoms with Crippen LogP contribution in [0.5, 0.6) is 5.75 Å². The first-order valence-corrected chi connectivity index (χ1v) is 6.89. The topological polar surface area (TPSA) is 38.3 Å². The number of rotatable bonds is 4. The summed E-state index contributed by atoms with van der Waals surface area (Å²) in [5.41, 5.74) is 0.481. The number of amides is 1. The van der Waals surface area contributed by atoms with Crippen molar-refractivity contribution < 1.29 is 13.9 Å². The Labute approximate surface area is 131 Å². The van der Waals surface area contributed by atoms with E-state index < -0.39 is 6.10 Å². The zero-order chi connectivity index (χ0) is 15.4. The van der Waals surface area contributed by atoms with E-state index in [0.717, 1.165) is 0 Å². The molecule has 0 aliphatic rings. The van der Waals surface area contributed by atoms with E-state index in [1.165, 1.54) is 30.3 Å². The van der Waals surface area contributed by atoms with E-state index in [1.807, 2.05) is 0 Å². The molecule has 2 rings (SSSR count). The lowest BCUT2D eigenvalue weighted by atomic mass is 10.3. The third-order valence-electron chi connectivity index (χ3n) is 2.68. The van der Waals surface area contributed by atoms with E-state index in [9.17, 15) is 9.18 Å². The van der Waals surface area contributed by atoms with Gasteiger partial charge in [-0.25, -0.2) is 4.39 Å². The van der Waals surface area contributed by atoms with Crippen LogP contribution in [0, 0.1) is 5.82 Å². The van der Waals surface area contributed by atoms with Crippen molar-refractivity contribution in [1.82, 2.24) is 0 Å². The summed E-state index contributed by atoms with van der Waals surface area (Å²) in [5.74, 6) is -0.424. The second kappa shape index (κ2) is 6.78. The summed E-state index contributed by atoms with van der Waals surface area (Å²) in [7, 11) is 0. The first-order valence-electron chi connectivity index (χ1n) is 6.14. The molecule has 1 amide bonds. The van der Waals surface area contributed by atoms with E-state index in [0.29, 0.717) is 21.5 Å². The van der Waals surface area contributed by atoms with Gasteiger partial charge >= 0.3 is 0 Å². The fourth-order valence-electron chi connectivity index (χ4n) is 1.59. The number of halogens is 3. The summed E-state index contributed by atoms with van der Waals surface area (Å²) >= 11 is 11.8. The molecule has 0 bridgehead atoms. The molecule has 0 radical (unpaired) electrons. The van der Waals surface area contributed by atoms with Gasteiger partial charge in [0, 0.05) is 16.8 Å². The van der Waals surface area contributed by atoms with Crippen molar-refractivity contribution in [2.75, 3.05) is 5.32 Å². The molecule has 2 aromatic carbocycles. The summed E-state index contributed by atoms with van der Waals surface area (Å²) < 4.78 is 18.3. The van der Waals surface area contributed by atoms with E-state index in [1.54, 1.807) is 19.1 Å². The molecule has 2 aromatic rings. The molecule has 0 saturated carbocycles. The number of ether oxygens (including phenoxy) is 1. The first-order chi connectivity index (χ1) is 9.95. The fraction of sp³-hybridized carbons (Fsp3) is 0.133. The molecule has 0 fully saturated rings. The van der Waals surface area contributed by atoms with Gasteiger partial charge in [0.1, 0.15) is 11.6 Å². The van der Waals surface area contributed by atoms with Gasteiger partial charge in [0.25, 0.3) is 5.91 Å². The van der Waals surface area contributed by atoms with Crippen LogP contribution in [0.2, 0.25) is 10.0 Å². The molecule has 1 N–H and O–H groups in total. The lowest BCUT2D eigenvalue weighted by molar-refractivity contribution is -0.122. The molecule has 0 aliphatic heterocycles. The minimum Gasteiger partial charge on any atom is -0.479 e. The van der Waals surface area contributed by atoms with E-state index in [-0.39, 0.29) is 11.7 Å². The van der Waals surface area contributed by atoms with E-state index in [4.69, 9.17) is 27.9 Å². The molecule has 0 heterocycles. The van der Waals surface area contributed by atoms with Gasteiger partial charge in [-0.2, -0.15) is 0 Å². The van der Waals surface area contributed by atoms with Crippen LogP contribution in [0.25, 0.3) is 0 Å². The van der Waals surface area contributed by atoms with Crippen molar-refractivity contribution in [3.8, 4) is 5.75 Å². The zero-order valence-corrected chi connectivity index (χ0v) is 12.6. The van der Waals surface area contributed by atoms with Gasteiger partial charge in [0.2, 0.25) is 0 Å². The lowest BCUT2D eigenvalue weighted by Gasteiger charge is -2.15. The Morgan fingerprint density at radius 3 is 2.52 bits per heavy atom. The van der Waals surface area contributed by atoms with Crippen LogP contribution in [0.3, 0.4) is 0 Å². The van der Waals surface area contributed by atoms with Crippen molar-refractivity contribution in [3.05, 3.63) is 58.3 Å². The number of benzene rings is 2. The van der Waals surface area contributed by atoms with Gasteiger partial charge < -0.3 is 10.1 Å². The maximum atomic E-state index is 12.8. The van der Waals surface area contributed by atoms with E-state index in [2.05, 4.69) is 5.32 Å².